The van der Waals surface area contributed by atoms with Gasteiger partial charge in [0.15, 0.2) is 5.82 Å². The molecular formula is C12H16N4O3S. The fraction of sp³-hybridized carbons (Fsp3) is 0.333. The van der Waals surface area contributed by atoms with Crippen molar-refractivity contribution in [1.82, 2.24) is 14.8 Å². The van der Waals surface area contributed by atoms with Crippen LogP contribution in [-0.4, -0.2) is 23.2 Å². The van der Waals surface area contributed by atoms with Crippen molar-refractivity contribution in [3.63, 3.8) is 0 Å². The molecule has 0 unspecified atom stereocenters. The van der Waals surface area contributed by atoms with Crippen LogP contribution in [0.25, 0.3) is 0 Å². The summed E-state index contributed by atoms with van der Waals surface area (Å²) in [5.41, 5.74) is 0.788. The molecule has 2 aromatic rings. The predicted octanol–water partition coefficient (Wildman–Crippen LogP) is 0.658. The lowest BCUT2D eigenvalue weighted by molar-refractivity contribution is 0.283. The third kappa shape index (κ3) is 2.97. The molecule has 1 aromatic carbocycles. The van der Waals surface area contributed by atoms with Crippen molar-refractivity contribution in [1.29, 1.82) is 0 Å². The summed E-state index contributed by atoms with van der Waals surface area (Å²) in [6, 6.07) is 4.82. The Labute approximate surface area is 117 Å². The molecule has 2 N–H and O–H groups in total. The standard InChI is InChI=1S/C12H16N4O3S/c1-8-4-5-10(11(6-8)20(13,17)18)19-7-12-15-14-9(2)16(12)3/h4-6H,7H2,1-3H3,(H2,13,17,18). The first kappa shape index (κ1) is 14.5. The highest BCUT2D eigenvalue weighted by Crippen LogP contribution is 2.24. The van der Waals surface area contributed by atoms with Gasteiger partial charge in [-0.2, -0.15) is 0 Å². The number of aryl methyl sites for hydroxylation is 2. The molecule has 1 aromatic heterocycles. The van der Waals surface area contributed by atoms with E-state index < -0.39 is 10.0 Å². The molecule has 0 aliphatic carbocycles. The Bertz CT molecular complexity index is 737. The maximum atomic E-state index is 11.6. The van der Waals surface area contributed by atoms with Crippen LogP contribution >= 0.6 is 0 Å². The van der Waals surface area contributed by atoms with Crippen LogP contribution in [0.3, 0.4) is 0 Å². The largest absolute Gasteiger partial charge is 0.484 e. The molecular weight excluding hydrogens is 280 g/mol. The number of rotatable bonds is 4. The van der Waals surface area contributed by atoms with E-state index in [-0.39, 0.29) is 17.3 Å². The number of aromatic nitrogens is 3. The number of primary sulfonamides is 1. The summed E-state index contributed by atoms with van der Waals surface area (Å²) in [5, 5.41) is 13.0. The van der Waals surface area contributed by atoms with Gasteiger partial charge in [0, 0.05) is 7.05 Å². The third-order valence-electron chi connectivity index (χ3n) is 2.95. The van der Waals surface area contributed by atoms with Crippen molar-refractivity contribution >= 4 is 10.0 Å². The fourth-order valence-electron chi connectivity index (χ4n) is 1.68. The van der Waals surface area contributed by atoms with E-state index in [1.165, 1.54) is 6.07 Å². The highest BCUT2D eigenvalue weighted by Gasteiger charge is 2.16. The second-order valence-corrected chi connectivity index (χ2v) is 6.04. The first-order chi connectivity index (χ1) is 9.29. The fourth-order valence-corrected chi connectivity index (χ4v) is 2.43. The Morgan fingerprint density at radius 1 is 1.30 bits per heavy atom. The summed E-state index contributed by atoms with van der Waals surface area (Å²) in [4.78, 5) is -0.0311. The average Bonchev–Trinajstić information content (AvgIpc) is 2.67. The van der Waals surface area contributed by atoms with Gasteiger partial charge in [-0.1, -0.05) is 6.07 Å². The summed E-state index contributed by atoms with van der Waals surface area (Å²) in [5.74, 6) is 1.56. The molecule has 0 fully saturated rings. The molecule has 0 saturated heterocycles. The number of hydrogen-bond donors (Lipinski definition) is 1. The zero-order chi connectivity index (χ0) is 14.9. The Hall–Kier alpha value is -1.93. The van der Waals surface area contributed by atoms with Gasteiger partial charge in [0.05, 0.1) is 0 Å². The minimum absolute atomic E-state index is 0.0311. The topological polar surface area (TPSA) is 100 Å². The predicted molar refractivity (Wildman–Crippen MR) is 72.6 cm³/mol. The van der Waals surface area contributed by atoms with E-state index in [4.69, 9.17) is 9.88 Å². The molecule has 0 spiro atoms. The average molecular weight is 296 g/mol. The smallest absolute Gasteiger partial charge is 0.241 e. The molecule has 0 bridgehead atoms. The summed E-state index contributed by atoms with van der Waals surface area (Å²) in [6.07, 6.45) is 0. The van der Waals surface area contributed by atoms with E-state index in [2.05, 4.69) is 10.2 Å². The van der Waals surface area contributed by atoms with Crippen molar-refractivity contribution in [2.75, 3.05) is 0 Å². The molecule has 0 radical (unpaired) electrons. The van der Waals surface area contributed by atoms with Crippen LogP contribution in [-0.2, 0) is 23.7 Å². The molecule has 8 heteroatoms. The molecule has 108 valence electrons. The Balaban J connectivity index is 2.28. The Kier molecular flexibility index (Phi) is 3.78. The van der Waals surface area contributed by atoms with E-state index >= 15 is 0 Å². The number of hydrogen-bond acceptors (Lipinski definition) is 5. The van der Waals surface area contributed by atoms with Crippen molar-refractivity contribution in [2.24, 2.45) is 12.2 Å². The van der Waals surface area contributed by atoms with Gasteiger partial charge in [0.25, 0.3) is 0 Å². The van der Waals surface area contributed by atoms with Crippen LogP contribution in [0.5, 0.6) is 5.75 Å². The van der Waals surface area contributed by atoms with Gasteiger partial charge in [-0.25, -0.2) is 13.6 Å². The van der Waals surface area contributed by atoms with E-state index in [9.17, 15) is 8.42 Å². The first-order valence-corrected chi connectivity index (χ1v) is 7.45. The van der Waals surface area contributed by atoms with Gasteiger partial charge in [-0.3, -0.25) is 0 Å². The monoisotopic (exact) mass is 296 g/mol. The lowest BCUT2D eigenvalue weighted by atomic mass is 10.2. The van der Waals surface area contributed by atoms with Crippen LogP contribution < -0.4 is 9.88 Å². The van der Waals surface area contributed by atoms with Gasteiger partial charge >= 0.3 is 0 Å². The second kappa shape index (κ2) is 5.22. The SMILES string of the molecule is Cc1ccc(OCc2nnc(C)n2C)c(S(N)(=O)=O)c1. The molecule has 0 amide bonds. The number of benzene rings is 1. The molecule has 0 saturated carbocycles. The van der Waals surface area contributed by atoms with Gasteiger partial charge in [-0.05, 0) is 31.5 Å². The van der Waals surface area contributed by atoms with E-state index in [1.807, 2.05) is 14.0 Å². The quantitative estimate of drug-likeness (QED) is 0.893. The van der Waals surface area contributed by atoms with Crippen LogP contribution in [0.15, 0.2) is 23.1 Å². The van der Waals surface area contributed by atoms with E-state index in [1.54, 1.807) is 23.6 Å². The maximum absolute atomic E-state index is 11.6. The van der Waals surface area contributed by atoms with Crippen LogP contribution in [0.4, 0.5) is 0 Å². The highest BCUT2D eigenvalue weighted by molar-refractivity contribution is 7.89. The maximum Gasteiger partial charge on any atom is 0.241 e. The molecule has 20 heavy (non-hydrogen) atoms. The zero-order valence-electron chi connectivity index (χ0n) is 11.5. The summed E-state index contributed by atoms with van der Waals surface area (Å²) >= 11 is 0. The molecule has 0 aliphatic heterocycles. The lowest BCUT2D eigenvalue weighted by Crippen LogP contribution is -2.14. The minimum atomic E-state index is -3.83. The minimum Gasteiger partial charge on any atom is -0.484 e. The van der Waals surface area contributed by atoms with Crippen molar-refractivity contribution in [3.05, 3.63) is 35.4 Å². The van der Waals surface area contributed by atoms with Crippen LogP contribution in [0.1, 0.15) is 17.2 Å². The van der Waals surface area contributed by atoms with Crippen molar-refractivity contribution < 1.29 is 13.2 Å². The normalized spacial score (nSPS) is 11.6. The van der Waals surface area contributed by atoms with E-state index in [0.29, 0.717) is 5.82 Å². The van der Waals surface area contributed by atoms with Crippen LogP contribution in [0, 0.1) is 13.8 Å². The Morgan fingerprint density at radius 3 is 2.55 bits per heavy atom. The molecule has 0 aliphatic rings. The van der Waals surface area contributed by atoms with Gasteiger partial charge in [0.1, 0.15) is 23.1 Å². The van der Waals surface area contributed by atoms with Crippen molar-refractivity contribution in [2.45, 2.75) is 25.3 Å². The summed E-state index contributed by atoms with van der Waals surface area (Å²) in [7, 11) is -2.02. The summed E-state index contributed by atoms with van der Waals surface area (Å²) in [6.45, 7) is 3.71. The lowest BCUT2D eigenvalue weighted by Gasteiger charge is -2.10. The molecule has 7 nitrogen and oxygen atoms in total. The van der Waals surface area contributed by atoms with Gasteiger partial charge in [0.2, 0.25) is 10.0 Å². The number of sulfonamides is 1. The van der Waals surface area contributed by atoms with Crippen LogP contribution in [0.2, 0.25) is 0 Å². The van der Waals surface area contributed by atoms with Crippen molar-refractivity contribution in [3.8, 4) is 5.75 Å². The zero-order valence-corrected chi connectivity index (χ0v) is 12.3. The third-order valence-corrected chi connectivity index (χ3v) is 3.88. The van der Waals surface area contributed by atoms with Gasteiger partial charge in [-0.15, -0.1) is 10.2 Å². The Morgan fingerprint density at radius 2 is 2.00 bits per heavy atom. The molecule has 2 rings (SSSR count). The first-order valence-electron chi connectivity index (χ1n) is 5.90. The van der Waals surface area contributed by atoms with E-state index in [0.717, 1.165) is 11.4 Å². The number of ether oxygens (including phenoxy) is 1. The number of nitrogens with two attached hydrogens (primary N) is 1. The number of nitrogens with zero attached hydrogens (tertiary/aromatic N) is 3. The molecule has 1 heterocycles. The highest BCUT2D eigenvalue weighted by atomic mass is 32.2. The summed E-state index contributed by atoms with van der Waals surface area (Å²) < 4.78 is 30.4. The van der Waals surface area contributed by atoms with Gasteiger partial charge < -0.3 is 9.30 Å². The molecule has 0 atom stereocenters. The second-order valence-electron chi connectivity index (χ2n) is 4.51.